The Kier molecular flexibility index (Phi) is 11.8. The number of carbonyl (C=O) groups excluding carboxylic acids is 3. The van der Waals surface area contributed by atoms with E-state index in [4.69, 9.17) is 4.74 Å². The van der Waals surface area contributed by atoms with Crippen LogP contribution in [0, 0.1) is 11.3 Å². The van der Waals surface area contributed by atoms with Crippen molar-refractivity contribution in [2.75, 3.05) is 20.2 Å². The summed E-state index contributed by atoms with van der Waals surface area (Å²) in [4.78, 5) is 43.3. The maximum absolute atomic E-state index is 13.8. The quantitative estimate of drug-likeness (QED) is 0.376. The number of piperidine rings is 1. The number of likely N-dealkylation sites (N-methyl/N-ethyl adjacent to an activating group) is 1. The summed E-state index contributed by atoms with van der Waals surface area (Å²) in [6.45, 7) is 18.9. The summed E-state index contributed by atoms with van der Waals surface area (Å²) in [5.41, 5.74) is 0.00104. The van der Waals surface area contributed by atoms with Gasteiger partial charge in [0.1, 0.15) is 6.04 Å². The minimum Gasteiger partial charge on any atom is -0.463 e. The zero-order valence-electron chi connectivity index (χ0n) is 23.2. The van der Waals surface area contributed by atoms with Gasteiger partial charge in [0, 0.05) is 18.7 Å². The number of nitrogens with zero attached hydrogens (tertiary/aromatic N) is 2. The summed E-state index contributed by atoms with van der Waals surface area (Å²) in [6, 6.07) is -0.865. The first-order valence-electron chi connectivity index (χ1n) is 12.9. The molecule has 7 nitrogen and oxygen atoms in total. The zero-order valence-corrected chi connectivity index (χ0v) is 23.2. The van der Waals surface area contributed by atoms with Gasteiger partial charge >= 0.3 is 5.97 Å². The number of esters is 1. The highest BCUT2D eigenvalue weighted by molar-refractivity contribution is 5.91. The SMILES string of the molecule is CCOC(=O)/C(C)=C/C(C(C)C)N(C)C(=O)C(NC(=O)C1CCCCN1C(C)CC)C(C)(C)C. The average Bonchev–Trinajstić information content (AvgIpc) is 2.78. The number of hydrogen-bond acceptors (Lipinski definition) is 5. The fraction of sp³-hybridized carbons (Fsp3) is 0.815. The van der Waals surface area contributed by atoms with Crippen molar-refractivity contribution in [3.63, 3.8) is 0 Å². The second kappa shape index (κ2) is 13.3. The van der Waals surface area contributed by atoms with Crippen LogP contribution in [0.25, 0.3) is 0 Å². The highest BCUT2D eigenvalue weighted by Gasteiger charge is 2.40. The highest BCUT2D eigenvalue weighted by atomic mass is 16.5. The van der Waals surface area contributed by atoms with Gasteiger partial charge in [-0.25, -0.2) is 4.79 Å². The van der Waals surface area contributed by atoms with E-state index in [-0.39, 0.29) is 35.8 Å². The van der Waals surface area contributed by atoms with Gasteiger partial charge in [-0.2, -0.15) is 0 Å². The predicted molar refractivity (Wildman–Crippen MR) is 137 cm³/mol. The highest BCUT2D eigenvalue weighted by Crippen LogP contribution is 2.26. The molecule has 0 aliphatic carbocycles. The van der Waals surface area contributed by atoms with Crippen LogP contribution in [0.1, 0.15) is 88.0 Å². The number of likely N-dealkylation sites (tertiary alicyclic amines) is 1. The minimum absolute atomic E-state index is 0.0685. The van der Waals surface area contributed by atoms with E-state index in [0.717, 1.165) is 32.2 Å². The van der Waals surface area contributed by atoms with Crippen molar-refractivity contribution in [1.82, 2.24) is 15.1 Å². The number of hydrogen-bond donors (Lipinski definition) is 1. The first-order chi connectivity index (χ1) is 15.8. The van der Waals surface area contributed by atoms with E-state index in [1.165, 1.54) is 0 Å². The molecule has 0 aromatic rings. The van der Waals surface area contributed by atoms with Crippen molar-refractivity contribution < 1.29 is 19.1 Å². The molecule has 1 aliphatic rings. The van der Waals surface area contributed by atoms with E-state index >= 15 is 0 Å². The van der Waals surface area contributed by atoms with Crippen LogP contribution in [0.2, 0.25) is 0 Å². The number of rotatable bonds is 10. The molecule has 1 heterocycles. The largest absolute Gasteiger partial charge is 0.463 e. The summed E-state index contributed by atoms with van der Waals surface area (Å²) >= 11 is 0. The van der Waals surface area contributed by atoms with Crippen molar-refractivity contribution in [1.29, 1.82) is 0 Å². The van der Waals surface area contributed by atoms with Crippen molar-refractivity contribution >= 4 is 17.8 Å². The second-order valence-electron chi connectivity index (χ2n) is 11.1. The Morgan fingerprint density at radius 1 is 1.15 bits per heavy atom. The van der Waals surface area contributed by atoms with Crippen LogP contribution >= 0.6 is 0 Å². The molecule has 34 heavy (non-hydrogen) atoms. The second-order valence-corrected chi connectivity index (χ2v) is 11.1. The van der Waals surface area contributed by atoms with Crippen LogP contribution in [0.3, 0.4) is 0 Å². The fourth-order valence-electron chi connectivity index (χ4n) is 4.56. The number of ether oxygens (including phenoxy) is 1. The van der Waals surface area contributed by atoms with Gasteiger partial charge < -0.3 is 15.0 Å². The molecule has 7 heteroatoms. The molecular formula is C27H49N3O4. The first-order valence-corrected chi connectivity index (χ1v) is 12.9. The molecule has 4 atom stereocenters. The zero-order chi connectivity index (χ0) is 26.2. The van der Waals surface area contributed by atoms with Crippen molar-refractivity contribution in [3.05, 3.63) is 11.6 Å². The number of amides is 2. The summed E-state index contributed by atoms with van der Waals surface area (Å²) < 4.78 is 5.11. The number of nitrogens with one attached hydrogen (secondary N) is 1. The van der Waals surface area contributed by atoms with Gasteiger partial charge in [-0.05, 0) is 57.9 Å². The van der Waals surface area contributed by atoms with Gasteiger partial charge in [0.2, 0.25) is 11.8 Å². The minimum atomic E-state index is -0.678. The van der Waals surface area contributed by atoms with E-state index in [2.05, 4.69) is 24.1 Å². The van der Waals surface area contributed by atoms with E-state index in [9.17, 15) is 14.4 Å². The Labute approximate surface area is 207 Å². The van der Waals surface area contributed by atoms with Gasteiger partial charge in [0.15, 0.2) is 0 Å². The predicted octanol–water partition coefficient (Wildman–Crippen LogP) is 4.16. The van der Waals surface area contributed by atoms with E-state index in [1.807, 2.05) is 34.6 Å². The molecule has 0 aromatic carbocycles. The van der Waals surface area contributed by atoms with Gasteiger partial charge in [0.25, 0.3) is 0 Å². The van der Waals surface area contributed by atoms with Gasteiger partial charge in [0.05, 0.1) is 18.7 Å². The Hall–Kier alpha value is -1.89. The molecule has 0 radical (unpaired) electrons. The lowest BCUT2D eigenvalue weighted by molar-refractivity contribution is -0.142. The molecule has 1 rings (SSSR count). The lowest BCUT2D eigenvalue weighted by Gasteiger charge is -2.41. The van der Waals surface area contributed by atoms with Crippen LogP contribution in [0.4, 0.5) is 0 Å². The molecule has 1 aliphatic heterocycles. The van der Waals surface area contributed by atoms with Crippen LogP contribution in [-0.4, -0.2) is 72.0 Å². The third kappa shape index (κ3) is 8.10. The standard InChI is InChI=1S/C27H49N3O4/c1-11-20(6)30-16-14-13-15-21(30)24(31)28-23(27(7,8)9)25(32)29(10)22(18(3)4)17-19(5)26(33)34-12-2/h17-18,20-23H,11-16H2,1-10H3,(H,28,31)/b19-17+. The first kappa shape index (κ1) is 30.1. The molecule has 2 amide bonds. The molecule has 4 unspecified atom stereocenters. The van der Waals surface area contributed by atoms with E-state index < -0.39 is 11.5 Å². The molecule has 1 fully saturated rings. The normalized spacial score (nSPS) is 20.4. The maximum atomic E-state index is 13.8. The maximum Gasteiger partial charge on any atom is 0.333 e. The molecule has 1 saturated heterocycles. The van der Waals surface area contributed by atoms with E-state index in [1.54, 1.807) is 31.9 Å². The Morgan fingerprint density at radius 2 is 1.76 bits per heavy atom. The van der Waals surface area contributed by atoms with Gasteiger partial charge in [-0.3, -0.25) is 14.5 Å². The fourth-order valence-corrected chi connectivity index (χ4v) is 4.56. The smallest absolute Gasteiger partial charge is 0.333 e. The summed E-state index contributed by atoms with van der Waals surface area (Å²) in [5.74, 6) is -0.523. The van der Waals surface area contributed by atoms with Crippen LogP contribution in [0.5, 0.6) is 0 Å². The molecule has 196 valence electrons. The summed E-state index contributed by atoms with van der Waals surface area (Å²) in [5, 5.41) is 3.12. The van der Waals surface area contributed by atoms with Crippen LogP contribution in [-0.2, 0) is 19.1 Å². The topological polar surface area (TPSA) is 79.0 Å². The molecule has 0 aromatic heterocycles. The van der Waals surface area contributed by atoms with Crippen molar-refractivity contribution in [2.24, 2.45) is 11.3 Å². The van der Waals surface area contributed by atoms with E-state index in [0.29, 0.717) is 18.2 Å². The Balaban J connectivity index is 3.17. The molecule has 1 N–H and O–H groups in total. The Morgan fingerprint density at radius 3 is 2.26 bits per heavy atom. The number of carbonyl (C=O) groups is 3. The summed E-state index contributed by atoms with van der Waals surface area (Å²) in [7, 11) is 1.75. The third-order valence-electron chi connectivity index (χ3n) is 6.90. The van der Waals surface area contributed by atoms with Gasteiger partial charge in [-0.15, -0.1) is 0 Å². The lowest BCUT2D eigenvalue weighted by atomic mass is 9.84. The Bertz CT molecular complexity index is 726. The molecular weight excluding hydrogens is 430 g/mol. The molecule has 0 bridgehead atoms. The van der Waals surface area contributed by atoms with Gasteiger partial charge in [-0.1, -0.05) is 54.0 Å². The van der Waals surface area contributed by atoms with Crippen LogP contribution < -0.4 is 5.32 Å². The van der Waals surface area contributed by atoms with Crippen molar-refractivity contribution in [3.8, 4) is 0 Å². The summed E-state index contributed by atoms with van der Waals surface area (Å²) in [6.07, 6.45) is 5.71. The van der Waals surface area contributed by atoms with Crippen LogP contribution in [0.15, 0.2) is 11.6 Å². The lowest BCUT2D eigenvalue weighted by Crippen LogP contribution is -2.60. The monoisotopic (exact) mass is 479 g/mol. The molecule has 0 saturated carbocycles. The average molecular weight is 480 g/mol. The molecule has 0 spiro atoms. The third-order valence-corrected chi connectivity index (χ3v) is 6.90. The van der Waals surface area contributed by atoms with Crippen molar-refractivity contribution in [2.45, 2.75) is 112 Å².